The molecule has 0 aromatic carbocycles. The zero-order chi connectivity index (χ0) is 12.5. The fraction of sp³-hybridized carbons (Fsp3) is 1.00. The highest BCUT2D eigenvalue weighted by Crippen LogP contribution is 2.24. The van der Waals surface area contributed by atoms with Crippen LogP contribution in [-0.4, -0.2) is 24.0 Å². The van der Waals surface area contributed by atoms with Crippen molar-refractivity contribution in [2.24, 2.45) is 5.92 Å². The lowest BCUT2D eigenvalue weighted by atomic mass is 9.90. The Morgan fingerprint density at radius 3 is 2.12 bits per heavy atom. The number of piperidine rings is 1. The minimum absolute atomic E-state index is 0.755. The van der Waals surface area contributed by atoms with E-state index in [-0.39, 0.29) is 0 Å². The summed E-state index contributed by atoms with van der Waals surface area (Å²) in [5.74, 6) is 1.04. The quantitative estimate of drug-likeness (QED) is 0.547. The Balaban J connectivity index is 1.95. The number of likely N-dealkylation sites (tertiary alicyclic amines) is 1. The largest absolute Gasteiger partial charge is 0.301 e. The first kappa shape index (κ1) is 15.0. The van der Waals surface area contributed by atoms with Crippen molar-refractivity contribution in [1.29, 1.82) is 0 Å². The Bertz CT molecular complexity index is 168. The molecule has 1 heteroatoms. The van der Waals surface area contributed by atoms with Crippen molar-refractivity contribution in [3.8, 4) is 0 Å². The van der Waals surface area contributed by atoms with E-state index in [1.807, 2.05) is 0 Å². The van der Waals surface area contributed by atoms with Crippen molar-refractivity contribution in [1.82, 2.24) is 4.90 Å². The van der Waals surface area contributed by atoms with E-state index in [9.17, 15) is 0 Å². The maximum absolute atomic E-state index is 2.64. The van der Waals surface area contributed by atoms with Crippen LogP contribution in [0.25, 0.3) is 0 Å². The molecule has 1 aliphatic rings. The van der Waals surface area contributed by atoms with Gasteiger partial charge in [0.1, 0.15) is 0 Å². The van der Waals surface area contributed by atoms with Gasteiger partial charge < -0.3 is 4.90 Å². The maximum Gasteiger partial charge on any atom is 0.00385 e. The number of rotatable bonds is 8. The van der Waals surface area contributed by atoms with Gasteiger partial charge in [0, 0.05) is 6.04 Å². The van der Waals surface area contributed by atoms with Gasteiger partial charge in [-0.05, 0) is 45.7 Å². The summed E-state index contributed by atoms with van der Waals surface area (Å²) in [6, 6.07) is 0.755. The molecule has 0 aromatic rings. The van der Waals surface area contributed by atoms with E-state index < -0.39 is 0 Å². The van der Waals surface area contributed by atoms with Gasteiger partial charge in [-0.2, -0.15) is 0 Å². The van der Waals surface area contributed by atoms with Crippen LogP contribution in [0.15, 0.2) is 0 Å². The molecule has 0 N–H and O–H groups in total. The zero-order valence-electron chi connectivity index (χ0n) is 12.4. The third-order valence-electron chi connectivity index (χ3n) is 4.35. The predicted molar refractivity (Wildman–Crippen MR) is 77.4 cm³/mol. The van der Waals surface area contributed by atoms with Gasteiger partial charge in [-0.1, -0.05) is 51.9 Å². The monoisotopic (exact) mass is 239 g/mol. The second-order valence-corrected chi connectivity index (χ2v) is 6.13. The third kappa shape index (κ3) is 6.45. The average molecular weight is 239 g/mol. The number of hydrogen-bond acceptors (Lipinski definition) is 1. The average Bonchev–Trinajstić information content (AvgIpc) is 2.34. The van der Waals surface area contributed by atoms with E-state index in [1.165, 1.54) is 70.9 Å². The molecular weight excluding hydrogens is 206 g/mol. The van der Waals surface area contributed by atoms with Crippen molar-refractivity contribution in [3.63, 3.8) is 0 Å². The molecule has 102 valence electrons. The molecule has 0 atom stereocenters. The molecule has 0 spiro atoms. The first-order valence-electron chi connectivity index (χ1n) is 7.98. The van der Waals surface area contributed by atoms with Gasteiger partial charge in [0.25, 0.3) is 0 Å². The Hall–Kier alpha value is -0.0400. The molecule has 0 radical (unpaired) electrons. The standard InChI is InChI=1S/C16H33N/c1-4-5-6-7-8-9-10-16-11-13-17(14-12-16)15(2)3/h15-16H,4-14H2,1-3H3. The van der Waals surface area contributed by atoms with Crippen LogP contribution in [0.2, 0.25) is 0 Å². The van der Waals surface area contributed by atoms with Gasteiger partial charge in [-0.3, -0.25) is 0 Å². The minimum Gasteiger partial charge on any atom is -0.301 e. The molecule has 1 saturated heterocycles. The molecule has 0 unspecified atom stereocenters. The van der Waals surface area contributed by atoms with Gasteiger partial charge >= 0.3 is 0 Å². The van der Waals surface area contributed by atoms with Crippen LogP contribution < -0.4 is 0 Å². The van der Waals surface area contributed by atoms with E-state index in [2.05, 4.69) is 25.7 Å². The van der Waals surface area contributed by atoms with Crippen LogP contribution in [-0.2, 0) is 0 Å². The summed E-state index contributed by atoms with van der Waals surface area (Å²) in [7, 11) is 0. The SMILES string of the molecule is CCCCCCCCC1CCN(C(C)C)CC1. The van der Waals surface area contributed by atoms with E-state index in [0.717, 1.165) is 12.0 Å². The first-order valence-corrected chi connectivity index (χ1v) is 7.98. The van der Waals surface area contributed by atoms with Gasteiger partial charge in [-0.25, -0.2) is 0 Å². The first-order chi connectivity index (χ1) is 8.24. The Kier molecular flexibility index (Phi) is 7.92. The summed E-state index contributed by atoms with van der Waals surface area (Å²) in [6.07, 6.45) is 13.1. The summed E-state index contributed by atoms with van der Waals surface area (Å²) in [5, 5.41) is 0. The van der Waals surface area contributed by atoms with Crippen LogP contribution in [0.3, 0.4) is 0 Å². The molecule has 0 bridgehead atoms. The summed E-state index contributed by atoms with van der Waals surface area (Å²) < 4.78 is 0. The lowest BCUT2D eigenvalue weighted by Crippen LogP contribution is -2.38. The fourth-order valence-corrected chi connectivity index (χ4v) is 2.97. The molecule has 17 heavy (non-hydrogen) atoms. The second-order valence-electron chi connectivity index (χ2n) is 6.13. The fourth-order valence-electron chi connectivity index (χ4n) is 2.97. The van der Waals surface area contributed by atoms with E-state index in [1.54, 1.807) is 0 Å². The molecule has 0 amide bonds. The topological polar surface area (TPSA) is 3.24 Å². The maximum atomic E-state index is 2.64. The van der Waals surface area contributed by atoms with E-state index >= 15 is 0 Å². The highest BCUT2D eigenvalue weighted by Gasteiger charge is 2.19. The summed E-state index contributed by atoms with van der Waals surface area (Å²) in [5.41, 5.74) is 0. The smallest absolute Gasteiger partial charge is 0.00385 e. The number of hydrogen-bond donors (Lipinski definition) is 0. The Labute approximate surface area is 109 Å². The highest BCUT2D eigenvalue weighted by atomic mass is 15.1. The number of nitrogens with zero attached hydrogens (tertiary/aromatic N) is 1. The van der Waals surface area contributed by atoms with E-state index in [0.29, 0.717) is 0 Å². The van der Waals surface area contributed by atoms with Gasteiger partial charge in [-0.15, -0.1) is 0 Å². The summed E-state index contributed by atoms with van der Waals surface area (Å²) in [4.78, 5) is 2.64. The molecule has 1 heterocycles. The molecule has 1 aliphatic heterocycles. The molecule has 0 aromatic heterocycles. The summed E-state index contributed by atoms with van der Waals surface area (Å²) >= 11 is 0. The van der Waals surface area contributed by atoms with Crippen molar-refractivity contribution < 1.29 is 0 Å². The van der Waals surface area contributed by atoms with E-state index in [4.69, 9.17) is 0 Å². The van der Waals surface area contributed by atoms with Crippen LogP contribution in [0, 0.1) is 5.92 Å². The minimum atomic E-state index is 0.755. The molecule has 1 rings (SSSR count). The molecule has 1 fully saturated rings. The molecular formula is C16H33N. The number of unbranched alkanes of at least 4 members (excludes halogenated alkanes) is 5. The van der Waals surface area contributed by atoms with Crippen LogP contribution >= 0.6 is 0 Å². The normalized spacial score (nSPS) is 19.1. The Morgan fingerprint density at radius 2 is 1.53 bits per heavy atom. The van der Waals surface area contributed by atoms with Gasteiger partial charge in [0.15, 0.2) is 0 Å². The van der Waals surface area contributed by atoms with Gasteiger partial charge in [0.05, 0.1) is 0 Å². The Morgan fingerprint density at radius 1 is 0.941 bits per heavy atom. The molecule has 0 aliphatic carbocycles. The van der Waals surface area contributed by atoms with Crippen LogP contribution in [0.5, 0.6) is 0 Å². The predicted octanol–water partition coefficient (Wildman–Crippen LogP) is 4.86. The molecule has 1 nitrogen and oxygen atoms in total. The summed E-state index contributed by atoms with van der Waals surface area (Å²) in [6.45, 7) is 9.64. The van der Waals surface area contributed by atoms with Crippen molar-refractivity contribution in [2.75, 3.05) is 13.1 Å². The van der Waals surface area contributed by atoms with Crippen molar-refractivity contribution in [2.45, 2.75) is 84.6 Å². The van der Waals surface area contributed by atoms with Crippen molar-refractivity contribution >= 4 is 0 Å². The van der Waals surface area contributed by atoms with Crippen molar-refractivity contribution in [3.05, 3.63) is 0 Å². The van der Waals surface area contributed by atoms with Gasteiger partial charge in [0.2, 0.25) is 0 Å². The highest BCUT2D eigenvalue weighted by molar-refractivity contribution is 4.74. The zero-order valence-corrected chi connectivity index (χ0v) is 12.4. The molecule has 0 saturated carbocycles. The second kappa shape index (κ2) is 8.97. The lowest BCUT2D eigenvalue weighted by Gasteiger charge is -2.34. The third-order valence-corrected chi connectivity index (χ3v) is 4.35. The van der Waals surface area contributed by atoms with Crippen LogP contribution in [0.4, 0.5) is 0 Å². The lowest BCUT2D eigenvalue weighted by molar-refractivity contribution is 0.144. The van der Waals surface area contributed by atoms with Crippen LogP contribution in [0.1, 0.15) is 78.6 Å².